The molecule has 0 radical (unpaired) electrons. The van der Waals surface area contributed by atoms with Gasteiger partial charge in [0.2, 0.25) is 5.91 Å². The largest absolute Gasteiger partial charge is 0.368 e. The molecule has 0 bridgehead atoms. The molecule has 2 amide bonds. The van der Waals surface area contributed by atoms with Crippen molar-refractivity contribution in [1.82, 2.24) is 10.3 Å². The van der Waals surface area contributed by atoms with Crippen LogP contribution in [0.15, 0.2) is 18.3 Å². The third-order valence-electron chi connectivity index (χ3n) is 3.95. The number of nitrogens with one attached hydrogen (secondary N) is 1. The summed E-state index contributed by atoms with van der Waals surface area (Å²) in [5.74, 6) is -1.18. The molecule has 1 unspecified atom stereocenters. The zero-order chi connectivity index (χ0) is 16.3. The van der Waals surface area contributed by atoms with Gasteiger partial charge < -0.3 is 20.5 Å². The van der Waals surface area contributed by atoms with Gasteiger partial charge in [0.25, 0.3) is 5.91 Å². The number of rotatable bonds is 5. The Labute approximate surface area is 129 Å². The van der Waals surface area contributed by atoms with E-state index >= 15 is 0 Å². The Morgan fingerprint density at radius 2 is 2.00 bits per heavy atom. The lowest BCUT2D eigenvalue weighted by Crippen LogP contribution is -2.58. The van der Waals surface area contributed by atoms with E-state index in [0.717, 1.165) is 5.56 Å². The predicted molar refractivity (Wildman–Crippen MR) is 78.8 cm³/mol. The fourth-order valence-electron chi connectivity index (χ4n) is 2.02. The summed E-state index contributed by atoms with van der Waals surface area (Å²) in [7, 11) is 0. The first-order chi connectivity index (χ1) is 10.3. The van der Waals surface area contributed by atoms with Crippen molar-refractivity contribution in [3.8, 4) is 0 Å². The smallest absolute Gasteiger partial charge is 0.270 e. The average Bonchev–Trinajstić information content (AvgIpc) is 3.01. The molecule has 1 aliphatic heterocycles. The highest BCUT2D eigenvalue weighted by Gasteiger charge is 2.36. The third-order valence-corrected chi connectivity index (χ3v) is 3.95. The molecule has 2 rings (SSSR count). The van der Waals surface area contributed by atoms with E-state index in [1.165, 1.54) is 6.20 Å². The molecule has 7 heteroatoms. The van der Waals surface area contributed by atoms with Crippen LogP contribution >= 0.6 is 0 Å². The van der Waals surface area contributed by atoms with E-state index in [-0.39, 0.29) is 11.6 Å². The topological polar surface area (TPSA) is 104 Å². The van der Waals surface area contributed by atoms with E-state index in [9.17, 15) is 9.59 Å². The van der Waals surface area contributed by atoms with Crippen LogP contribution in [0.1, 0.15) is 43.1 Å². The molecule has 22 heavy (non-hydrogen) atoms. The van der Waals surface area contributed by atoms with E-state index in [0.29, 0.717) is 13.2 Å². The quantitative estimate of drug-likeness (QED) is 0.835. The normalized spacial score (nSPS) is 18.2. The van der Waals surface area contributed by atoms with Gasteiger partial charge in [-0.3, -0.25) is 14.6 Å². The van der Waals surface area contributed by atoms with Gasteiger partial charge in [0.05, 0.1) is 13.2 Å². The summed E-state index contributed by atoms with van der Waals surface area (Å²) < 4.78 is 10.7. The zero-order valence-electron chi connectivity index (χ0n) is 13.0. The van der Waals surface area contributed by atoms with Crippen LogP contribution in [0.25, 0.3) is 0 Å². The number of amides is 2. The minimum absolute atomic E-state index is 0.145. The molecule has 1 fully saturated rings. The van der Waals surface area contributed by atoms with Gasteiger partial charge in [0.15, 0.2) is 6.29 Å². The Bertz CT molecular complexity index is 552. The van der Waals surface area contributed by atoms with Crippen molar-refractivity contribution in [2.75, 3.05) is 13.2 Å². The number of pyridine rings is 1. The lowest BCUT2D eigenvalue weighted by molar-refractivity contribution is -0.125. The Balaban J connectivity index is 2.10. The van der Waals surface area contributed by atoms with Crippen molar-refractivity contribution in [2.45, 2.75) is 32.6 Å². The summed E-state index contributed by atoms with van der Waals surface area (Å²) in [4.78, 5) is 28.0. The van der Waals surface area contributed by atoms with E-state index in [1.807, 2.05) is 13.8 Å². The fraction of sp³-hybridized carbons (Fsp3) is 0.533. The number of hydrogen-bond donors (Lipinski definition) is 2. The lowest BCUT2D eigenvalue weighted by Gasteiger charge is -2.31. The van der Waals surface area contributed by atoms with Crippen LogP contribution in [-0.4, -0.2) is 35.6 Å². The summed E-state index contributed by atoms with van der Waals surface area (Å²) in [6.07, 6.45) is 1.10. The summed E-state index contributed by atoms with van der Waals surface area (Å²) >= 11 is 0. The van der Waals surface area contributed by atoms with E-state index < -0.39 is 23.6 Å². The molecule has 120 valence electrons. The van der Waals surface area contributed by atoms with Crippen LogP contribution < -0.4 is 11.1 Å². The Kier molecular flexibility index (Phi) is 4.77. The second kappa shape index (κ2) is 6.41. The van der Waals surface area contributed by atoms with E-state index in [2.05, 4.69) is 10.3 Å². The maximum absolute atomic E-state index is 12.3. The fourth-order valence-corrected chi connectivity index (χ4v) is 2.02. The molecule has 1 aromatic rings. The second-order valence-electron chi connectivity index (χ2n) is 5.73. The van der Waals surface area contributed by atoms with Crippen LogP contribution in [0, 0.1) is 5.92 Å². The summed E-state index contributed by atoms with van der Waals surface area (Å²) in [6.45, 7) is 6.32. The highest BCUT2D eigenvalue weighted by molar-refractivity contribution is 5.97. The predicted octanol–water partition coefficient (Wildman–Crippen LogP) is 0.757. The van der Waals surface area contributed by atoms with Crippen LogP contribution in [-0.2, 0) is 14.3 Å². The lowest BCUT2D eigenvalue weighted by atomic mass is 9.87. The molecular weight excluding hydrogens is 286 g/mol. The van der Waals surface area contributed by atoms with Crippen LogP contribution in [0.5, 0.6) is 0 Å². The highest BCUT2D eigenvalue weighted by Crippen LogP contribution is 2.22. The van der Waals surface area contributed by atoms with Crippen molar-refractivity contribution in [1.29, 1.82) is 0 Å². The van der Waals surface area contributed by atoms with Gasteiger partial charge in [-0.25, -0.2) is 0 Å². The molecule has 0 saturated carbocycles. The van der Waals surface area contributed by atoms with Crippen LogP contribution in [0.3, 0.4) is 0 Å². The molecular formula is C15H21N3O4. The maximum Gasteiger partial charge on any atom is 0.270 e. The molecule has 0 aromatic carbocycles. The molecule has 0 aliphatic carbocycles. The van der Waals surface area contributed by atoms with Crippen molar-refractivity contribution >= 4 is 11.8 Å². The number of primary amides is 1. The second-order valence-corrected chi connectivity index (χ2v) is 5.73. The number of aromatic nitrogens is 1. The van der Waals surface area contributed by atoms with Gasteiger partial charge >= 0.3 is 0 Å². The van der Waals surface area contributed by atoms with Crippen LogP contribution in [0.2, 0.25) is 0 Å². The summed E-state index contributed by atoms with van der Waals surface area (Å²) in [6, 6.07) is 3.28. The standard InChI is InChI=1S/C15H21N3O4/c1-9(2)15(3,14(16)20)18-12(19)11-5-4-10(8-17-11)13-21-6-7-22-13/h4-5,8-9,13H,6-7H2,1-3H3,(H2,16,20)(H,18,19). The van der Waals surface area contributed by atoms with Gasteiger partial charge in [-0.2, -0.15) is 0 Å². The molecule has 2 heterocycles. The first kappa shape index (κ1) is 16.4. The minimum atomic E-state index is -1.13. The van der Waals surface area contributed by atoms with E-state index in [4.69, 9.17) is 15.2 Å². The van der Waals surface area contributed by atoms with E-state index in [1.54, 1.807) is 19.1 Å². The summed E-state index contributed by atoms with van der Waals surface area (Å²) in [5, 5.41) is 2.66. The first-order valence-corrected chi connectivity index (χ1v) is 7.16. The number of carbonyl (C=O) groups excluding carboxylic acids is 2. The number of ether oxygens (including phenoxy) is 2. The third kappa shape index (κ3) is 3.26. The molecule has 3 N–H and O–H groups in total. The molecule has 1 atom stereocenters. The Morgan fingerprint density at radius 3 is 2.45 bits per heavy atom. The minimum Gasteiger partial charge on any atom is -0.368 e. The van der Waals surface area contributed by atoms with Gasteiger partial charge in [0.1, 0.15) is 11.2 Å². The molecule has 1 aliphatic rings. The van der Waals surface area contributed by atoms with Crippen molar-refractivity contribution in [3.63, 3.8) is 0 Å². The zero-order valence-corrected chi connectivity index (χ0v) is 13.0. The van der Waals surface area contributed by atoms with Crippen molar-refractivity contribution in [2.24, 2.45) is 11.7 Å². The highest BCUT2D eigenvalue weighted by atomic mass is 16.7. The molecule has 7 nitrogen and oxygen atoms in total. The molecule has 1 saturated heterocycles. The number of hydrogen-bond acceptors (Lipinski definition) is 5. The number of carbonyl (C=O) groups is 2. The Morgan fingerprint density at radius 1 is 1.36 bits per heavy atom. The SMILES string of the molecule is CC(C)C(C)(NC(=O)c1ccc(C2OCCO2)cn1)C(N)=O. The van der Waals surface area contributed by atoms with Gasteiger partial charge in [-0.15, -0.1) is 0 Å². The monoisotopic (exact) mass is 307 g/mol. The Hall–Kier alpha value is -1.99. The summed E-state index contributed by atoms with van der Waals surface area (Å²) in [5.41, 5.74) is 5.22. The molecule has 0 spiro atoms. The van der Waals surface area contributed by atoms with Gasteiger partial charge in [-0.1, -0.05) is 19.9 Å². The average molecular weight is 307 g/mol. The van der Waals surface area contributed by atoms with Crippen molar-refractivity contribution < 1.29 is 19.1 Å². The first-order valence-electron chi connectivity index (χ1n) is 7.16. The van der Waals surface area contributed by atoms with Gasteiger partial charge in [0, 0.05) is 11.8 Å². The number of nitrogens with zero attached hydrogens (tertiary/aromatic N) is 1. The van der Waals surface area contributed by atoms with Crippen molar-refractivity contribution in [3.05, 3.63) is 29.6 Å². The van der Waals surface area contributed by atoms with Gasteiger partial charge in [-0.05, 0) is 18.9 Å². The van der Waals surface area contributed by atoms with Crippen LogP contribution in [0.4, 0.5) is 0 Å². The maximum atomic E-state index is 12.3. The number of nitrogens with two attached hydrogens (primary N) is 1. The molecule has 1 aromatic heterocycles.